The second-order valence-electron chi connectivity index (χ2n) is 5.00. The molecule has 0 radical (unpaired) electrons. The normalized spacial score (nSPS) is 28.2. The molecular formula is C13H15FN2O. The molecule has 1 aromatic rings. The van der Waals surface area contributed by atoms with Crippen LogP contribution in [0.15, 0.2) is 18.2 Å². The standard InChI is InChI=1S/C13H15FN2O/c1-16-6-8-5-15-13(17)9-3-2-4-11(14)12(9)10(8)7-16/h2-4,8,10H,5-7H2,1H3,(H,15,17)/t8-,10-/m0/s1. The van der Waals surface area contributed by atoms with Crippen molar-refractivity contribution in [1.82, 2.24) is 10.2 Å². The van der Waals surface area contributed by atoms with Crippen LogP contribution in [-0.4, -0.2) is 37.5 Å². The van der Waals surface area contributed by atoms with Crippen molar-refractivity contribution in [2.24, 2.45) is 5.92 Å². The Balaban J connectivity index is 2.14. The summed E-state index contributed by atoms with van der Waals surface area (Å²) in [6, 6.07) is 4.77. The lowest BCUT2D eigenvalue weighted by atomic mass is 9.87. The molecule has 90 valence electrons. The van der Waals surface area contributed by atoms with Crippen LogP contribution in [0.1, 0.15) is 21.8 Å². The van der Waals surface area contributed by atoms with E-state index < -0.39 is 0 Å². The van der Waals surface area contributed by atoms with Crippen LogP contribution in [0.5, 0.6) is 0 Å². The van der Waals surface area contributed by atoms with Crippen molar-refractivity contribution >= 4 is 5.91 Å². The third kappa shape index (κ3) is 1.63. The maximum atomic E-state index is 14.0. The highest BCUT2D eigenvalue weighted by molar-refractivity contribution is 5.96. The lowest BCUT2D eigenvalue weighted by Crippen LogP contribution is -2.29. The number of nitrogens with one attached hydrogen (secondary N) is 1. The molecule has 1 fully saturated rings. The Hall–Kier alpha value is -1.42. The Labute approximate surface area is 99.6 Å². The second kappa shape index (κ2) is 3.81. The fourth-order valence-electron chi connectivity index (χ4n) is 3.05. The molecule has 4 heteroatoms. The summed E-state index contributed by atoms with van der Waals surface area (Å²) in [7, 11) is 2.04. The van der Waals surface area contributed by atoms with Crippen LogP contribution in [0.4, 0.5) is 4.39 Å². The highest BCUT2D eigenvalue weighted by Crippen LogP contribution is 2.36. The highest BCUT2D eigenvalue weighted by Gasteiger charge is 2.38. The van der Waals surface area contributed by atoms with Gasteiger partial charge in [0.1, 0.15) is 5.82 Å². The first-order chi connectivity index (χ1) is 8.16. The largest absolute Gasteiger partial charge is 0.352 e. The van der Waals surface area contributed by atoms with Crippen molar-refractivity contribution in [1.29, 1.82) is 0 Å². The summed E-state index contributed by atoms with van der Waals surface area (Å²) < 4.78 is 14.0. The SMILES string of the molecule is CN1C[C@@H]2CNC(=O)c3cccc(F)c3[C@H]2C1. The number of carbonyl (C=O) groups is 1. The van der Waals surface area contributed by atoms with Gasteiger partial charge in [0.05, 0.1) is 0 Å². The van der Waals surface area contributed by atoms with Gasteiger partial charge in [-0.15, -0.1) is 0 Å². The summed E-state index contributed by atoms with van der Waals surface area (Å²) in [4.78, 5) is 14.1. The van der Waals surface area contributed by atoms with Crippen molar-refractivity contribution in [3.63, 3.8) is 0 Å². The number of likely N-dealkylation sites (N-methyl/N-ethyl adjacent to an activating group) is 1. The van der Waals surface area contributed by atoms with Gasteiger partial charge in [0.2, 0.25) is 0 Å². The number of hydrogen-bond donors (Lipinski definition) is 1. The first-order valence-corrected chi connectivity index (χ1v) is 5.92. The van der Waals surface area contributed by atoms with Crippen molar-refractivity contribution in [2.45, 2.75) is 5.92 Å². The molecule has 1 amide bonds. The molecule has 2 atom stereocenters. The molecule has 0 saturated carbocycles. The van der Waals surface area contributed by atoms with E-state index in [4.69, 9.17) is 0 Å². The van der Waals surface area contributed by atoms with Crippen molar-refractivity contribution in [3.8, 4) is 0 Å². The van der Waals surface area contributed by atoms with Crippen molar-refractivity contribution < 1.29 is 9.18 Å². The van der Waals surface area contributed by atoms with Gasteiger partial charge in [-0.1, -0.05) is 6.07 Å². The van der Waals surface area contributed by atoms with Gasteiger partial charge in [-0.3, -0.25) is 4.79 Å². The van der Waals surface area contributed by atoms with Crippen LogP contribution in [-0.2, 0) is 0 Å². The third-order valence-corrected chi connectivity index (χ3v) is 3.82. The van der Waals surface area contributed by atoms with Crippen LogP contribution in [0, 0.1) is 11.7 Å². The Kier molecular flexibility index (Phi) is 2.40. The molecule has 1 N–H and O–H groups in total. The zero-order chi connectivity index (χ0) is 12.0. The molecule has 2 aliphatic rings. The molecule has 3 nitrogen and oxygen atoms in total. The smallest absolute Gasteiger partial charge is 0.251 e. The third-order valence-electron chi connectivity index (χ3n) is 3.82. The van der Waals surface area contributed by atoms with Crippen LogP contribution in [0.25, 0.3) is 0 Å². The number of benzene rings is 1. The molecule has 0 unspecified atom stereocenters. The van der Waals surface area contributed by atoms with E-state index in [1.165, 1.54) is 6.07 Å². The quantitative estimate of drug-likeness (QED) is 0.732. The number of likely N-dealkylation sites (tertiary alicyclic amines) is 1. The minimum atomic E-state index is -0.246. The van der Waals surface area contributed by atoms with Crippen LogP contribution < -0.4 is 5.32 Å². The van der Waals surface area contributed by atoms with Crippen molar-refractivity contribution in [3.05, 3.63) is 35.1 Å². The summed E-state index contributed by atoms with van der Waals surface area (Å²) in [5.74, 6) is 0.0682. The minimum absolute atomic E-state index is 0.134. The average Bonchev–Trinajstić information content (AvgIpc) is 2.61. The topological polar surface area (TPSA) is 32.3 Å². The maximum absolute atomic E-state index is 14.0. The van der Waals surface area contributed by atoms with E-state index >= 15 is 0 Å². The minimum Gasteiger partial charge on any atom is -0.352 e. The monoisotopic (exact) mass is 234 g/mol. The van der Waals surface area contributed by atoms with E-state index in [0.29, 0.717) is 23.6 Å². The van der Waals surface area contributed by atoms with Gasteiger partial charge < -0.3 is 10.2 Å². The number of fused-ring (bicyclic) bond motifs is 3. The molecule has 1 aromatic carbocycles. The predicted octanol–water partition coefficient (Wildman–Crippen LogP) is 1.21. The maximum Gasteiger partial charge on any atom is 0.251 e. The Morgan fingerprint density at radius 3 is 3.06 bits per heavy atom. The van der Waals surface area contributed by atoms with Crippen molar-refractivity contribution in [2.75, 3.05) is 26.7 Å². The number of carbonyl (C=O) groups excluding carboxylic acids is 1. The van der Waals surface area contributed by atoms with Crippen LogP contribution in [0.2, 0.25) is 0 Å². The predicted molar refractivity (Wildman–Crippen MR) is 62.5 cm³/mol. The summed E-state index contributed by atoms with van der Waals surface area (Å²) in [5.41, 5.74) is 1.12. The van der Waals surface area contributed by atoms with Gasteiger partial charge in [-0.05, 0) is 25.1 Å². The number of rotatable bonds is 0. The van der Waals surface area contributed by atoms with Gasteiger partial charge in [-0.2, -0.15) is 0 Å². The van der Waals surface area contributed by atoms with Crippen LogP contribution in [0.3, 0.4) is 0 Å². The fourth-order valence-corrected chi connectivity index (χ4v) is 3.05. The molecule has 17 heavy (non-hydrogen) atoms. The van der Waals surface area contributed by atoms with Gasteiger partial charge in [0.25, 0.3) is 5.91 Å². The molecule has 0 aromatic heterocycles. The Bertz CT molecular complexity index is 474. The molecule has 2 heterocycles. The number of amides is 1. The van der Waals surface area contributed by atoms with E-state index in [2.05, 4.69) is 10.2 Å². The van der Waals surface area contributed by atoms with E-state index in [9.17, 15) is 9.18 Å². The molecule has 0 bridgehead atoms. The molecular weight excluding hydrogens is 219 g/mol. The van der Waals surface area contributed by atoms with E-state index in [1.54, 1.807) is 12.1 Å². The Morgan fingerprint density at radius 2 is 2.24 bits per heavy atom. The molecule has 2 aliphatic heterocycles. The zero-order valence-electron chi connectivity index (χ0n) is 9.74. The van der Waals surface area contributed by atoms with Gasteiger partial charge >= 0.3 is 0 Å². The summed E-state index contributed by atoms with van der Waals surface area (Å²) >= 11 is 0. The van der Waals surface area contributed by atoms with E-state index in [-0.39, 0.29) is 17.6 Å². The highest BCUT2D eigenvalue weighted by atomic mass is 19.1. The fraction of sp³-hybridized carbons (Fsp3) is 0.462. The first kappa shape index (κ1) is 10.7. The lowest BCUT2D eigenvalue weighted by molar-refractivity contribution is 0.0951. The number of halogens is 1. The van der Waals surface area contributed by atoms with E-state index in [0.717, 1.165) is 13.1 Å². The second-order valence-corrected chi connectivity index (χ2v) is 5.00. The molecule has 1 saturated heterocycles. The zero-order valence-corrected chi connectivity index (χ0v) is 9.74. The van der Waals surface area contributed by atoms with Gasteiger partial charge in [-0.25, -0.2) is 4.39 Å². The Morgan fingerprint density at radius 1 is 1.41 bits per heavy atom. The molecule has 0 aliphatic carbocycles. The first-order valence-electron chi connectivity index (χ1n) is 5.92. The molecule has 3 rings (SSSR count). The van der Waals surface area contributed by atoms with E-state index in [1.807, 2.05) is 7.05 Å². The van der Waals surface area contributed by atoms with Gasteiger partial charge in [0, 0.05) is 36.7 Å². The number of nitrogens with zero attached hydrogens (tertiary/aromatic N) is 1. The number of hydrogen-bond acceptors (Lipinski definition) is 2. The summed E-state index contributed by atoms with van der Waals surface area (Å²) in [5, 5.41) is 2.89. The van der Waals surface area contributed by atoms with Crippen LogP contribution >= 0.6 is 0 Å². The average molecular weight is 234 g/mol. The summed E-state index contributed by atoms with van der Waals surface area (Å²) in [6.45, 7) is 2.38. The summed E-state index contributed by atoms with van der Waals surface area (Å²) in [6.07, 6.45) is 0. The lowest BCUT2D eigenvalue weighted by Gasteiger charge is -2.16. The van der Waals surface area contributed by atoms with Gasteiger partial charge in [0.15, 0.2) is 0 Å². The molecule has 0 spiro atoms.